The number of nitrogens with one attached hydrogen (secondary N) is 2. The zero-order valence-electron chi connectivity index (χ0n) is 15.0. The van der Waals surface area contributed by atoms with E-state index < -0.39 is 6.36 Å². The summed E-state index contributed by atoms with van der Waals surface area (Å²) in [7, 11) is 1.55. The minimum atomic E-state index is -4.72. The van der Waals surface area contributed by atoms with Gasteiger partial charge in [0.15, 0.2) is 0 Å². The second kappa shape index (κ2) is 9.59. The van der Waals surface area contributed by atoms with Crippen LogP contribution in [0, 0.1) is 0 Å². The summed E-state index contributed by atoms with van der Waals surface area (Å²) in [5.74, 6) is -0.774. The van der Waals surface area contributed by atoms with Crippen molar-refractivity contribution in [2.24, 2.45) is 0 Å². The predicted octanol–water partition coefficient (Wildman–Crippen LogP) is 3.32. The molecule has 148 valence electrons. The summed E-state index contributed by atoms with van der Waals surface area (Å²) in [6.45, 7) is 0.332. The Hall–Kier alpha value is -3.29. The van der Waals surface area contributed by atoms with Crippen LogP contribution in [0.1, 0.15) is 21.5 Å². The van der Waals surface area contributed by atoms with E-state index in [1.807, 2.05) is 0 Å². The number of rotatable bonds is 7. The van der Waals surface area contributed by atoms with Gasteiger partial charge in [0.2, 0.25) is 5.91 Å². The first kappa shape index (κ1) is 21.0. The van der Waals surface area contributed by atoms with Crippen molar-refractivity contribution >= 4 is 17.9 Å². The molecule has 0 atom stereocenters. The lowest BCUT2D eigenvalue weighted by Gasteiger charge is -2.09. The summed E-state index contributed by atoms with van der Waals surface area (Å²) in [5, 5.41) is 5.21. The van der Waals surface area contributed by atoms with Gasteiger partial charge in [-0.05, 0) is 47.9 Å². The van der Waals surface area contributed by atoms with Crippen molar-refractivity contribution in [3.8, 4) is 5.75 Å². The number of alkyl halides is 3. The summed E-state index contributed by atoms with van der Waals surface area (Å²) in [6, 6.07) is 12.2. The van der Waals surface area contributed by atoms with Crippen molar-refractivity contribution in [3.05, 3.63) is 71.3 Å². The number of hydrogen-bond donors (Lipinski definition) is 2. The number of carbonyl (C=O) groups excluding carboxylic acids is 2. The third kappa shape index (κ3) is 7.14. The van der Waals surface area contributed by atoms with Gasteiger partial charge >= 0.3 is 6.36 Å². The van der Waals surface area contributed by atoms with Crippen LogP contribution in [0.15, 0.2) is 54.6 Å². The van der Waals surface area contributed by atoms with E-state index in [0.29, 0.717) is 18.5 Å². The van der Waals surface area contributed by atoms with Gasteiger partial charge in [-0.1, -0.05) is 24.3 Å². The average Bonchev–Trinajstić information content (AvgIpc) is 2.66. The second-order valence-corrected chi connectivity index (χ2v) is 5.77. The molecule has 2 rings (SSSR count). The molecule has 0 aliphatic carbocycles. The number of hydrogen-bond acceptors (Lipinski definition) is 3. The van der Waals surface area contributed by atoms with Crippen molar-refractivity contribution in [1.82, 2.24) is 10.6 Å². The van der Waals surface area contributed by atoms with Crippen LogP contribution < -0.4 is 15.4 Å². The third-order valence-electron chi connectivity index (χ3n) is 3.70. The Labute approximate surface area is 160 Å². The molecule has 0 spiro atoms. The standard InChI is InChI=1S/C20H19F3N2O3/c1-24-19(27)16-7-2-14(3-8-16)6-11-18(26)25-13-12-15-4-9-17(10-5-15)28-20(21,22)23/h2-11H,12-13H2,1H3,(H,24,27)(H,25,26)/b11-6+. The largest absolute Gasteiger partial charge is 0.573 e. The molecule has 8 heteroatoms. The number of benzene rings is 2. The van der Waals surface area contributed by atoms with E-state index in [4.69, 9.17) is 0 Å². The van der Waals surface area contributed by atoms with Crippen molar-refractivity contribution in [2.45, 2.75) is 12.8 Å². The number of halogens is 3. The highest BCUT2D eigenvalue weighted by atomic mass is 19.4. The zero-order chi connectivity index (χ0) is 20.6. The molecule has 0 fully saturated rings. The van der Waals surface area contributed by atoms with Crippen LogP contribution in [0.2, 0.25) is 0 Å². The average molecular weight is 392 g/mol. The first-order valence-corrected chi connectivity index (χ1v) is 8.39. The van der Waals surface area contributed by atoms with E-state index in [1.165, 1.54) is 30.3 Å². The lowest BCUT2D eigenvalue weighted by atomic mass is 10.1. The minimum Gasteiger partial charge on any atom is -0.406 e. The van der Waals surface area contributed by atoms with Crippen LogP contribution in [-0.4, -0.2) is 31.8 Å². The molecule has 2 aromatic rings. The van der Waals surface area contributed by atoms with Crippen LogP contribution in [-0.2, 0) is 11.2 Å². The fourth-order valence-corrected chi connectivity index (χ4v) is 2.31. The van der Waals surface area contributed by atoms with Gasteiger partial charge in [0.1, 0.15) is 5.75 Å². The molecule has 0 aliphatic rings. The molecule has 5 nitrogen and oxygen atoms in total. The lowest BCUT2D eigenvalue weighted by molar-refractivity contribution is -0.274. The van der Waals surface area contributed by atoms with Gasteiger partial charge in [0.25, 0.3) is 5.91 Å². The molecule has 0 radical (unpaired) electrons. The molecular formula is C20H19F3N2O3. The number of ether oxygens (including phenoxy) is 1. The lowest BCUT2D eigenvalue weighted by Crippen LogP contribution is -2.23. The fourth-order valence-electron chi connectivity index (χ4n) is 2.31. The van der Waals surface area contributed by atoms with Gasteiger partial charge in [0.05, 0.1) is 0 Å². The molecule has 0 heterocycles. The molecule has 0 saturated heterocycles. The number of carbonyl (C=O) groups is 2. The summed E-state index contributed by atoms with van der Waals surface area (Å²) in [6.07, 6.45) is -1.27. The van der Waals surface area contributed by atoms with Crippen LogP contribution in [0.4, 0.5) is 13.2 Å². The van der Waals surface area contributed by atoms with Gasteiger partial charge < -0.3 is 15.4 Å². The smallest absolute Gasteiger partial charge is 0.406 e. The van der Waals surface area contributed by atoms with E-state index in [0.717, 1.165) is 11.1 Å². The Morgan fingerprint density at radius 3 is 2.25 bits per heavy atom. The molecule has 2 aromatic carbocycles. The molecular weight excluding hydrogens is 373 g/mol. The Bertz CT molecular complexity index is 829. The molecule has 2 N–H and O–H groups in total. The Morgan fingerprint density at radius 2 is 1.68 bits per heavy atom. The highest BCUT2D eigenvalue weighted by Gasteiger charge is 2.30. The van der Waals surface area contributed by atoms with Gasteiger partial charge in [-0.3, -0.25) is 9.59 Å². The highest BCUT2D eigenvalue weighted by molar-refractivity contribution is 5.94. The third-order valence-corrected chi connectivity index (χ3v) is 3.70. The molecule has 2 amide bonds. The maximum Gasteiger partial charge on any atom is 0.573 e. The first-order valence-electron chi connectivity index (χ1n) is 8.39. The maximum atomic E-state index is 12.1. The Morgan fingerprint density at radius 1 is 1.04 bits per heavy atom. The van der Waals surface area contributed by atoms with E-state index in [1.54, 1.807) is 37.4 Å². The summed E-state index contributed by atoms with van der Waals surface area (Å²) in [4.78, 5) is 23.3. The monoisotopic (exact) mass is 392 g/mol. The number of amides is 2. The van der Waals surface area contributed by atoms with Gasteiger partial charge in [-0.25, -0.2) is 0 Å². The van der Waals surface area contributed by atoms with E-state index in [9.17, 15) is 22.8 Å². The van der Waals surface area contributed by atoms with E-state index in [-0.39, 0.29) is 17.6 Å². The summed E-state index contributed by atoms with van der Waals surface area (Å²) >= 11 is 0. The molecule has 0 bridgehead atoms. The van der Waals surface area contributed by atoms with Gasteiger partial charge in [-0.15, -0.1) is 13.2 Å². The topological polar surface area (TPSA) is 67.4 Å². The van der Waals surface area contributed by atoms with E-state index >= 15 is 0 Å². The normalized spacial score (nSPS) is 11.3. The molecule has 28 heavy (non-hydrogen) atoms. The van der Waals surface area contributed by atoms with Gasteiger partial charge in [-0.2, -0.15) is 0 Å². The quantitative estimate of drug-likeness (QED) is 0.711. The minimum absolute atomic E-state index is 0.189. The van der Waals surface area contributed by atoms with E-state index in [2.05, 4.69) is 15.4 Å². The van der Waals surface area contributed by atoms with Crippen molar-refractivity contribution < 1.29 is 27.5 Å². The van der Waals surface area contributed by atoms with Crippen LogP contribution in [0.5, 0.6) is 5.75 Å². The van der Waals surface area contributed by atoms with Gasteiger partial charge in [0, 0.05) is 25.2 Å². The molecule has 0 saturated carbocycles. The Kier molecular flexibility index (Phi) is 7.20. The van der Waals surface area contributed by atoms with Crippen molar-refractivity contribution in [2.75, 3.05) is 13.6 Å². The van der Waals surface area contributed by atoms with Crippen LogP contribution in [0.3, 0.4) is 0 Å². The molecule has 0 unspecified atom stereocenters. The fraction of sp³-hybridized carbons (Fsp3) is 0.200. The predicted molar refractivity (Wildman–Crippen MR) is 98.7 cm³/mol. The summed E-state index contributed by atoms with van der Waals surface area (Å²) in [5.41, 5.74) is 2.06. The zero-order valence-corrected chi connectivity index (χ0v) is 15.0. The van der Waals surface area contributed by atoms with Crippen LogP contribution >= 0.6 is 0 Å². The van der Waals surface area contributed by atoms with Crippen LogP contribution in [0.25, 0.3) is 6.08 Å². The SMILES string of the molecule is CNC(=O)c1ccc(/C=C/C(=O)NCCc2ccc(OC(F)(F)F)cc2)cc1. The maximum absolute atomic E-state index is 12.1. The van der Waals surface area contributed by atoms with Crippen molar-refractivity contribution in [1.29, 1.82) is 0 Å². The molecule has 0 aliphatic heterocycles. The highest BCUT2D eigenvalue weighted by Crippen LogP contribution is 2.22. The van der Waals surface area contributed by atoms with Crippen molar-refractivity contribution in [3.63, 3.8) is 0 Å². The Balaban J connectivity index is 1.78. The second-order valence-electron chi connectivity index (χ2n) is 5.77. The summed E-state index contributed by atoms with van der Waals surface area (Å²) < 4.78 is 40.1. The molecule has 0 aromatic heterocycles. The first-order chi connectivity index (χ1) is 13.3.